The summed E-state index contributed by atoms with van der Waals surface area (Å²) in [5.74, 6) is -0.402. The van der Waals surface area contributed by atoms with E-state index in [1.807, 2.05) is 30.7 Å². The van der Waals surface area contributed by atoms with E-state index in [-0.39, 0.29) is 23.2 Å². The van der Waals surface area contributed by atoms with Crippen LogP contribution in [0.5, 0.6) is 0 Å². The first kappa shape index (κ1) is 16.3. The van der Waals surface area contributed by atoms with Gasteiger partial charge in [-0.3, -0.25) is 4.79 Å². The third-order valence-electron chi connectivity index (χ3n) is 3.95. The van der Waals surface area contributed by atoms with Crippen molar-refractivity contribution in [2.45, 2.75) is 33.7 Å². The maximum absolute atomic E-state index is 13.1. The van der Waals surface area contributed by atoms with E-state index in [1.54, 1.807) is 12.1 Å². The molecular formula is C18H23FN2O. The summed E-state index contributed by atoms with van der Waals surface area (Å²) in [5, 5.41) is 3.08. The summed E-state index contributed by atoms with van der Waals surface area (Å²) in [4.78, 5) is 12.6. The van der Waals surface area contributed by atoms with E-state index in [4.69, 9.17) is 0 Å². The first-order valence-electron chi connectivity index (χ1n) is 7.39. The number of aryl methyl sites for hydroxylation is 1. The fraction of sp³-hybridized carbons (Fsp3) is 0.389. The van der Waals surface area contributed by atoms with Crippen LogP contribution < -0.4 is 5.32 Å². The Morgan fingerprint density at radius 3 is 2.18 bits per heavy atom. The van der Waals surface area contributed by atoms with Crippen LogP contribution in [0.3, 0.4) is 0 Å². The fourth-order valence-corrected chi connectivity index (χ4v) is 2.50. The average Bonchev–Trinajstić information content (AvgIpc) is 2.76. The molecule has 1 N–H and O–H groups in total. The molecule has 1 amide bonds. The molecule has 0 aliphatic heterocycles. The topological polar surface area (TPSA) is 34.0 Å². The number of halogens is 1. The number of amides is 1. The lowest BCUT2D eigenvalue weighted by Gasteiger charge is -2.32. The molecule has 0 radical (unpaired) electrons. The van der Waals surface area contributed by atoms with E-state index in [1.165, 1.54) is 12.1 Å². The number of carbonyl (C=O) groups is 1. The van der Waals surface area contributed by atoms with Crippen molar-refractivity contribution in [1.29, 1.82) is 0 Å². The number of nitrogens with one attached hydrogen (secondary N) is 1. The summed E-state index contributed by atoms with van der Waals surface area (Å²) in [7, 11) is 1.87. The van der Waals surface area contributed by atoms with Crippen molar-refractivity contribution in [1.82, 2.24) is 9.88 Å². The van der Waals surface area contributed by atoms with Gasteiger partial charge in [-0.2, -0.15) is 0 Å². The van der Waals surface area contributed by atoms with Crippen molar-refractivity contribution in [3.05, 3.63) is 59.2 Å². The first-order valence-corrected chi connectivity index (χ1v) is 7.39. The molecule has 1 aromatic carbocycles. The molecule has 1 atom stereocenters. The summed E-state index contributed by atoms with van der Waals surface area (Å²) in [6, 6.07) is 9.83. The van der Waals surface area contributed by atoms with Gasteiger partial charge in [0.25, 0.3) is 5.91 Å². The minimum absolute atomic E-state index is 0.125. The Kier molecular flexibility index (Phi) is 4.40. The Labute approximate surface area is 131 Å². The van der Waals surface area contributed by atoms with Gasteiger partial charge in [-0.05, 0) is 42.2 Å². The third kappa shape index (κ3) is 3.38. The van der Waals surface area contributed by atoms with Crippen molar-refractivity contribution >= 4 is 5.91 Å². The summed E-state index contributed by atoms with van der Waals surface area (Å²) in [5.41, 5.74) is 2.36. The second-order valence-corrected chi connectivity index (χ2v) is 6.74. The zero-order chi connectivity index (χ0) is 16.5. The lowest BCUT2D eigenvalue weighted by Crippen LogP contribution is -2.37. The third-order valence-corrected chi connectivity index (χ3v) is 3.95. The lowest BCUT2D eigenvalue weighted by molar-refractivity contribution is 0.0893. The van der Waals surface area contributed by atoms with Gasteiger partial charge in [-0.1, -0.05) is 32.9 Å². The summed E-state index contributed by atoms with van der Waals surface area (Å²) in [6.45, 7) is 8.12. The molecule has 118 valence electrons. The standard InChI is InChI=1S/C18H23FN2O/c1-12-6-11-15(21(12)5)17(22)20-16(18(2,3)4)13-7-9-14(19)10-8-13/h6-11,16H,1-5H3,(H,20,22). The van der Waals surface area contributed by atoms with Gasteiger partial charge in [0.1, 0.15) is 11.5 Å². The molecule has 4 heteroatoms. The van der Waals surface area contributed by atoms with Gasteiger partial charge in [-0.15, -0.1) is 0 Å². The smallest absolute Gasteiger partial charge is 0.268 e. The molecule has 1 unspecified atom stereocenters. The molecule has 1 heterocycles. The van der Waals surface area contributed by atoms with Crippen LogP contribution in [0.1, 0.15) is 48.6 Å². The molecule has 2 aromatic rings. The van der Waals surface area contributed by atoms with Gasteiger partial charge in [-0.25, -0.2) is 4.39 Å². The van der Waals surface area contributed by atoms with Crippen LogP contribution in [0.2, 0.25) is 0 Å². The zero-order valence-corrected chi connectivity index (χ0v) is 13.8. The second kappa shape index (κ2) is 5.95. The van der Waals surface area contributed by atoms with E-state index < -0.39 is 0 Å². The highest BCUT2D eigenvalue weighted by Gasteiger charge is 2.28. The molecule has 22 heavy (non-hydrogen) atoms. The van der Waals surface area contributed by atoms with Crippen molar-refractivity contribution in [3.63, 3.8) is 0 Å². The number of hydrogen-bond acceptors (Lipinski definition) is 1. The van der Waals surface area contributed by atoms with Crippen molar-refractivity contribution in [2.75, 3.05) is 0 Å². The van der Waals surface area contributed by atoms with E-state index in [0.717, 1.165) is 11.3 Å². The Morgan fingerprint density at radius 1 is 1.14 bits per heavy atom. The summed E-state index contributed by atoms with van der Waals surface area (Å²) >= 11 is 0. The van der Waals surface area contributed by atoms with Crippen LogP contribution >= 0.6 is 0 Å². The molecule has 0 saturated heterocycles. The molecule has 0 aliphatic carbocycles. The molecular weight excluding hydrogens is 279 g/mol. The Balaban J connectivity index is 2.30. The highest BCUT2D eigenvalue weighted by molar-refractivity contribution is 5.93. The normalized spacial score (nSPS) is 13.0. The summed E-state index contributed by atoms with van der Waals surface area (Å²) < 4.78 is 15.0. The average molecular weight is 302 g/mol. The Bertz CT molecular complexity index is 665. The quantitative estimate of drug-likeness (QED) is 0.914. The predicted octanol–water partition coefficient (Wildman–Crippen LogP) is 3.99. The number of rotatable bonds is 3. The molecule has 1 aromatic heterocycles. The fourth-order valence-electron chi connectivity index (χ4n) is 2.50. The maximum atomic E-state index is 13.1. The van der Waals surface area contributed by atoms with Gasteiger partial charge in [0.15, 0.2) is 0 Å². The SMILES string of the molecule is Cc1ccc(C(=O)NC(c2ccc(F)cc2)C(C)(C)C)n1C. The number of benzene rings is 1. The second-order valence-electron chi connectivity index (χ2n) is 6.74. The van der Waals surface area contributed by atoms with E-state index in [0.29, 0.717) is 5.69 Å². The minimum atomic E-state index is -0.277. The molecule has 2 rings (SSSR count). The van der Waals surface area contributed by atoms with Crippen LogP contribution in [0.15, 0.2) is 36.4 Å². The number of aromatic nitrogens is 1. The van der Waals surface area contributed by atoms with Crippen LogP contribution in [0.4, 0.5) is 4.39 Å². The number of hydrogen-bond donors (Lipinski definition) is 1. The molecule has 0 bridgehead atoms. The lowest BCUT2D eigenvalue weighted by atomic mass is 9.82. The predicted molar refractivity (Wildman–Crippen MR) is 86.2 cm³/mol. The minimum Gasteiger partial charge on any atom is -0.344 e. The maximum Gasteiger partial charge on any atom is 0.268 e. The van der Waals surface area contributed by atoms with Gasteiger partial charge in [0.2, 0.25) is 0 Å². The Morgan fingerprint density at radius 2 is 1.73 bits per heavy atom. The van der Waals surface area contributed by atoms with Crippen LogP contribution in [0.25, 0.3) is 0 Å². The van der Waals surface area contributed by atoms with Gasteiger partial charge < -0.3 is 9.88 Å². The van der Waals surface area contributed by atoms with Crippen LogP contribution in [-0.4, -0.2) is 10.5 Å². The van der Waals surface area contributed by atoms with E-state index in [9.17, 15) is 9.18 Å². The number of nitrogens with zero attached hydrogens (tertiary/aromatic N) is 1. The van der Waals surface area contributed by atoms with Crippen molar-refractivity contribution in [2.24, 2.45) is 12.5 Å². The van der Waals surface area contributed by atoms with Gasteiger partial charge in [0, 0.05) is 12.7 Å². The van der Waals surface area contributed by atoms with Crippen molar-refractivity contribution < 1.29 is 9.18 Å². The van der Waals surface area contributed by atoms with Gasteiger partial charge in [0.05, 0.1) is 6.04 Å². The monoisotopic (exact) mass is 302 g/mol. The van der Waals surface area contributed by atoms with E-state index in [2.05, 4.69) is 26.1 Å². The Hall–Kier alpha value is -2.10. The highest BCUT2D eigenvalue weighted by atomic mass is 19.1. The summed E-state index contributed by atoms with van der Waals surface area (Å²) in [6.07, 6.45) is 0. The largest absolute Gasteiger partial charge is 0.344 e. The van der Waals surface area contributed by atoms with Gasteiger partial charge >= 0.3 is 0 Å². The van der Waals surface area contributed by atoms with E-state index >= 15 is 0 Å². The molecule has 3 nitrogen and oxygen atoms in total. The van der Waals surface area contributed by atoms with Crippen molar-refractivity contribution in [3.8, 4) is 0 Å². The number of carbonyl (C=O) groups excluding carboxylic acids is 1. The van der Waals surface area contributed by atoms with Crippen LogP contribution in [-0.2, 0) is 7.05 Å². The van der Waals surface area contributed by atoms with Crippen LogP contribution in [0, 0.1) is 18.2 Å². The first-order chi connectivity index (χ1) is 10.2. The molecule has 0 saturated carbocycles. The zero-order valence-electron chi connectivity index (χ0n) is 13.8. The molecule has 0 fully saturated rings. The molecule has 0 aliphatic rings. The molecule has 0 spiro atoms. The highest BCUT2D eigenvalue weighted by Crippen LogP contribution is 2.33.